The van der Waals surface area contributed by atoms with E-state index in [1.807, 2.05) is 19.3 Å². The van der Waals surface area contributed by atoms with E-state index in [0.29, 0.717) is 24.1 Å². The summed E-state index contributed by atoms with van der Waals surface area (Å²) in [4.78, 5) is 6.50. The molecule has 1 N–H and O–H groups in total. The number of nitrogens with one attached hydrogen (secondary N) is 1. The zero-order valence-electron chi connectivity index (χ0n) is 23.9. The molecule has 1 saturated heterocycles. The molecule has 0 radical (unpaired) electrons. The Kier molecular flexibility index (Phi) is 14.1. The predicted molar refractivity (Wildman–Crippen MR) is 147 cm³/mol. The van der Waals surface area contributed by atoms with E-state index in [1.54, 1.807) is 6.20 Å². The molecule has 0 amide bonds. The molecule has 0 aliphatic carbocycles. The first-order valence-electron chi connectivity index (χ1n) is 13.9. The zero-order chi connectivity index (χ0) is 27.7. The third-order valence-electron chi connectivity index (χ3n) is 7.10. The molecule has 1 fully saturated rings. The largest absolute Gasteiger partial charge is 0.382 e. The summed E-state index contributed by atoms with van der Waals surface area (Å²) in [5.41, 5.74) is 3.11. The molecule has 8 heteroatoms. The van der Waals surface area contributed by atoms with Crippen LogP contribution in [0.15, 0.2) is 42.7 Å². The van der Waals surface area contributed by atoms with E-state index in [1.165, 1.54) is 18.9 Å². The maximum atomic E-state index is 13.0. The van der Waals surface area contributed by atoms with E-state index in [-0.39, 0.29) is 37.2 Å². The van der Waals surface area contributed by atoms with Crippen LogP contribution in [0.5, 0.6) is 0 Å². The Morgan fingerprint density at radius 2 is 2.00 bits per heavy atom. The number of hydrogen-bond acceptors (Lipinski definition) is 4. The third kappa shape index (κ3) is 10.2. The molecule has 4 nitrogen and oxygen atoms in total. The first-order chi connectivity index (χ1) is 18.1. The van der Waals surface area contributed by atoms with E-state index in [4.69, 9.17) is 4.74 Å². The zero-order valence-corrected chi connectivity index (χ0v) is 28.1. The molecule has 0 bridgehead atoms. The summed E-state index contributed by atoms with van der Waals surface area (Å²) in [6.45, 7) is 11.5. The Morgan fingerprint density at radius 1 is 1.23 bits per heavy atom. The molecular formula is C31H43F3N3OU-. The number of ether oxygens (including phenoxy) is 1. The molecule has 0 spiro atoms. The number of pyridine rings is 1. The van der Waals surface area contributed by atoms with Crippen molar-refractivity contribution < 1.29 is 49.0 Å². The normalized spacial score (nSPS) is 20.2. The van der Waals surface area contributed by atoms with Crippen LogP contribution in [0, 0.1) is 49.0 Å². The number of halogens is 3. The van der Waals surface area contributed by atoms with Crippen LogP contribution in [0.25, 0.3) is 5.70 Å². The summed E-state index contributed by atoms with van der Waals surface area (Å²) >= 11 is 0. The Labute approximate surface area is 256 Å². The molecule has 1 aromatic heterocycles. The molecule has 2 aliphatic rings. The number of rotatable bonds is 8. The molecular weight excluding hydrogens is 725 g/mol. The van der Waals surface area contributed by atoms with Crippen LogP contribution in [-0.2, 0) is 10.9 Å². The second-order valence-corrected chi connectivity index (χ2v) is 11.0. The molecule has 2 aromatic rings. The number of nitrogens with zero attached hydrogens (tertiary/aromatic N) is 2. The van der Waals surface area contributed by atoms with Crippen LogP contribution in [0.4, 0.5) is 13.2 Å². The SMILES string of the molecule is CC1CCOC1.CCCCC(CC(C)C)NC1=CCN(C)C(c2[c-]cc(C(F)(F)F)cc2)c2ccncc21.[U]. The Bertz CT molecular complexity index is 1020. The predicted octanol–water partition coefficient (Wildman–Crippen LogP) is 7.51. The van der Waals surface area contributed by atoms with Gasteiger partial charge in [0.2, 0.25) is 0 Å². The number of alkyl halides is 3. The van der Waals surface area contributed by atoms with Crippen LogP contribution in [-0.4, -0.2) is 42.7 Å². The third-order valence-corrected chi connectivity index (χ3v) is 7.10. The molecule has 1 aromatic carbocycles. The summed E-state index contributed by atoms with van der Waals surface area (Å²) in [7, 11) is 1.99. The molecule has 3 atom stereocenters. The van der Waals surface area contributed by atoms with Gasteiger partial charge in [-0.05, 0) is 55.9 Å². The van der Waals surface area contributed by atoms with Gasteiger partial charge in [0.15, 0.2) is 0 Å². The number of likely N-dealkylation sites (N-methyl/N-ethyl adjacent to an activating group) is 1. The number of fused-ring (bicyclic) bond motifs is 1. The first-order valence-corrected chi connectivity index (χ1v) is 13.9. The van der Waals surface area contributed by atoms with Crippen LogP contribution >= 0.6 is 0 Å². The molecule has 4 rings (SSSR count). The van der Waals surface area contributed by atoms with Gasteiger partial charge in [-0.2, -0.15) is 37.4 Å². The molecule has 2 aliphatic heterocycles. The van der Waals surface area contributed by atoms with Crippen molar-refractivity contribution in [2.75, 3.05) is 26.8 Å². The summed E-state index contributed by atoms with van der Waals surface area (Å²) in [5.74, 6) is 1.41. The number of aromatic nitrogens is 1. The molecule has 3 heterocycles. The van der Waals surface area contributed by atoms with Crippen molar-refractivity contribution in [3.63, 3.8) is 0 Å². The smallest absolute Gasteiger partial charge is 0.370 e. The van der Waals surface area contributed by atoms with Crippen molar-refractivity contribution in [1.82, 2.24) is 15.2 Å². The minimum Gasteiger partial charge on any atom is -0.382 e. The van der Waals surface area contributed by atoms with Crippen molar-refractivity contribution >= 4 is 5.70 Å². The van der Waals surface area contributed by atoms with Gasteiger partial charge < -0.3 is 10.1 Å². The summed E-state index contributed by atoms with van der Waals surface area (Å²) in [5, 5.41) is 3.78. The van der Waals surface area contributed by atoms with Crippen LogP contribution in [0.2, 0.25) is 0 Å². The topological polar surface area (TPSA) is 37.4 Å². The van der Waals surface area contributed by atoms with Crippen molar-refractivity contribution in [3.05, 3.63) is 71.1 Å². The van der Waals surface area contributed by atoms with Gasteiger partial charge in [0.25, 0.3) is 0 Å². The average Bonchev–Trinajstić information content (AvgIpc) is 3.31. The fourth-order valence-corrected chi connectivity index (χ4v) is 5.02. The van der Waals surface area contributed by atoms with E-state index in [9.17, 15) is 13.2 Å². The van der Waals surface area contributed by atoms with Crippen LogP contribution < -0.4 is 5.32 Å². The summed E-state index contributed by atoms with van der Waals surface area (Å²) in [6, 6.07) is 8.75. The van der Waals surface area contributed by atoms with Gasteiger partial charge in [-0.3, -0.25) is 9.88 Å². The van der Waals surface area contributed by atoms with Crippen molar-refractivity contribution in [1.29, 1.82) is 0 Å². The van der Waals surface area contributed by atoms with Gasteiger partial charge in [-0.25, -0.2) is 0 Å². The second-order valence-electron chi connectivity index (χ2n) is 11.0. The first kappa shape index (κ1) is 33.9. The Balaban J connectivity index is 0.000000672. The van der Waals surface area contributed by atoms with Crippen molar-refractivity contribution in [3.8, 4) is 0 Å². The summed E-state index contributed by atoms with van der Waals surface area (Å²) in [6.07, 6.45) is 7.18. The van der Waals surface area contributed by atoms with Gasteiger partial charge in [0.05, 0.1) is 0 Å². The second kappa shape index (κ2) is 16.2. The van der Waals surface area contributed by atoms with E-state index < -0.39 is 11.7 Å². The van der Waals surface area contributed by atoms with E-state index in [2.05, 4.69) is 55.0 Å². The Morgan fingerprint density at radius 3 is 2.54 bits per heavy atom. The molecule has 0 saturated carbocycles. The maximum absolute atomic E-state index is 13.0. The number of hydrogen-bond donors (Lipinski definition) is 1. The number of unbranched alkanes of at least 4 members (excludes halogenated alkanes) is 1. The average molecular weight is 769 g/mol. The van der Waals surface area contributed by atoms with Crippen LogP contribution in [0.3, 0.4) is 0 Å². The molecule has 214 valence electrons. The minimum absolute atomic E-state index is 0. The summed E-state index contributed by atoms with van der Waals surface area (Å²) < 4.78 is 44.2. The van der Waals surface area contributed by atoms with Gasteiger partial charge in [-0.1, -0.05) is 46.1 Å². The van der Waals surface area contributed by atoms with Crippen molar-refractivity contribution in [2.24, 2.45) is 11.8 Å². The van der Waals surface area contributed by atoms with Gasteiger partial charge in [0.1, 0.15) is 0 Å². The molecule has 3 unspecified atom stereocenters. The Hall–Kier alpha value is -1.33. The minimum atomic E-state index is -4.37. The van der Waals surface area contributed by atoms with Gasteiger partial charge >= 0.3 is 6.18 Å². The quantitative estimate of drug-likeness (QED) is 0.283. The number of benzene rings is 1. The van der Waals surface area contributed by atoms with Gasteiger partial charge in [-0.15, -0.1) is 5.56 Å². The van der Waals surface area contributed by atoms with Crippen molar-refractivity contribution in [2.45, 2.75) is 78.1 Å². The maximum Gasteiger partial charge on any atom is 0.370 e. The van der Waals surface area contributed by atoms with Crippen LogP contribution in [0.1, 0.15) is 88.1 Å². The fraction of sp³-hybridized carbons (Fsp3) is 0.581. The standard InChI is InChI=1S/C26H33F3N3.C5H10O.U/c1-5-6-7-21(16-18(2)3)31-24-13-15-32(4)25(22-12-14-30-17-23(22)24)19-8-10-20(11-9-19)26(27,28)29;1-5-2-3-6-4-5;/h8,10-14,17-18,21,25,31H,5-7,15-16H2,1-4H3;5H,2-4H2,1H3;/q-1;;. The van der Waals surface area contributed by atoms with Gasteiger partial charge in [0, 0.05) is 86.6 Å². The molecule has 39 heavy (non-hydrogen) atoms. The monoisotopic (exact) mass is 768 g/mol. The van der Waals surface area contributed by atoms with E-state index in [0.717, 1.165) is 67.4 Å². The fourth-order valence-electron chi connectivity index (χ4n) is 5.02. The van der Waals surface area contributed by atoms with E-state index >= 15 is 0 Å².